The van der Waals surface area contributed by atoms with Crippen molar-refractivity contribution in [2.45, 2.75) is 32.7 Å². The predicted octanol–water partition coefficient (Wildman–Crippen LogP) is 0.264. The molecule has 1 aliphatic rings. The van der Waals surface area contributed by atoms with Crippen LogP contribution in [-0.4, -0.2) is 55.9 Å². The van der Waals surface area contributed by atoms with Crippen LogP contribution in [0.1, 0.15) is 26.7 Å². The minimum absolute atomic E-state index is 0.0572. The van der Waals surface area contributed by atoms with Gasteiger partial charge < -0.3 is 21.1 Å². The van der Waals surface area contributed by atoms with E-state index in [-0.39, 0.29) is 12.6 Å². The van der Waals surface area contributed by atoms with Gasteiger partial charge in [0.15, 0.2) is 0 Å². The van der Waals surface area contributed by atoms with Crippen molar-refractivity contribution in [2.75, 3.05) is 39.8 Å². The summed E-state index contributed by atoms with van der Waals surface area (Å²) in [6.45, 7) is 8.83. The maximum absolute atomic E-state index is 8.87. The molecule has 1 aliphatic heterocycles. The van der Waals surface area contributed by atoms with Crippen LogP contribution in [0.5, 0.6) is 0 Å². The maximum atomic E-state index is 8.87. The average Bonchev–Trinajstić information content (AvgIpc) is 2.29. The Morgan fingerprint density at radius 1 is 1.41 bits per heavy atom. The lowest BCUT2D eigenvalue weighted by Gasteiger charge is -2.40. The average molecular weight is 243 g/mol. The molecule has 0 bridgehead atoms. The van der Waals surface area contributed by atoms with Gasteiger partial charge in [0.25, 0.3) is 0 Å². The Labute approximate surface area is 106 Å². The smallest absolute Gasteiger partial charge is 0.0594 e. The van der Waals surface area contributed by atoms with Gasteiger partial charge in [0, 0.05) is 19.1 Å². The number of hydrogen-bond acceptors (Lipinski definition) is 4. The third-order valence-corrected chi connectivity index (χ3v) is 4.05. The molecule has 0 saturated carbocycles. The zero-order chi connectivity index (χ0) is 12.9. The van der Waals surface area contributed by atoms with Crippen LogP contribution in [0.15, 0.2) is 0 Å². The van der Waals surface area contributed by atoms with Gasteiger partial charge in [-0.2, -0.15) is 0 Å². The molecule has 17 heavy (non-hydrogen) atoms. The van der Waals surface area contributed by atoms with Gasteiger partial charge in [0.1, 0.15) is 0 Å². The number of aliphatic hydroxyl groups excluding tert-OH is 1. The number of nitrogens with two attached hydrogens (primary N) is 1. The second-order valence-corrected chi connectivity index (χ2v) is 6.14. The van der Waals surface area contributed by atoms with Crippen LogP contribution in [0.4, 0.5) is 0 Å². The van der Waals surface area contributed by atoms with Crippen molar-refractivity contribution in [1.29, 1.82) is 0 Å². The van der Waals surface area contributed by atoms with Gasteiger partial charge in [-0.1, -0.05) is 13.8 Å². The first-order chi connectivity index (χ1) is 7.95. The van der Waals surface area contributed by atoms with E-state index in [2.05, 4.69) is 31.1 Å². The largest absolute Gasteiger partial charge is 0.395 e. The number of likely N-dealkylation sites (tertiary alicyclic amines) is 1. The molecule has 4 nitrogen and oxygen atoms in total. The van der Waals surface area contributed by atoms with Crippen molar-refractivity contribution >= 4 is 0 Å². The molecule has 0 aromatic heterocycles. The zero-order valence-electron chi connectivity index (χ0n) is 11.6. The lowest BCUT2D eigenvalue weighted by molar-refractivity contribution is 0.112. The van der Waals surface area contributed by atoms with E-state index in [4.69, 9.17) is 10.8 Å². The summed E-state index contributed by atoms with van der Waals surface area (Å²) in [5.74, 6) is 0.788. The molecule has 1 rings (SSSR count). The summed E-state index contributed by atoms with van der Waals surface area (Å²) in [7, 11) is 2.20. The van der Waals surface area contributed by atoms with Gasteiger partial charge in [-0.05, 0) is 44.3 Å². The van der Waals surface area contributed by atoms with Crippen LogP contribution < -0.4 is 11.1 Å². The van der Waals surface area contributed by atoms with Crippen LogP contribution in [0.2, 0.25) is 0 Å². The highest BCUT2D eigenvalue weighted by atomic mass is 16.3. The number of aliphatic hydroxyl groups is 1. The third kappa shape index (κ3) is 4.92. The fourth-order valence-electron chi connectivity index (χ4n) is 2.58. The standard InChI is InChI=1S/C13H29N3O/c1-13(2,10-15-8-12(14)9-17)11-4-6-16(3)7-5-11/h11-12,15,17H,4-10,14H2,1-3H3. The molecule has 1 heterocycles. The van der Waals surface area contributed by atoms with Crippen LogP contribution in [0.3, 0.4) is 0 Å². The van der Waals surface area contributed by atoms with Crippen molar-refractivity contribution in [3.05, 3.63) is 0 Å². The SMILES string of the molecule is CN1CCC(C(C)(C)CNCC(N)CO)CC1. The molecule has 0 radical (unpaired) electrons. The summed E-state index contributed by atoms with van der Waals surface area (Å²) in [5.41, 5.74) is 6.00. The highest BCUT2D eigenvalue weighted by Gasteiger charge is 2.31. The second-order valence-electron chi connectivity index (χ2n) is 6.14. The first kappa shape index (κ1) is 14.9. The summed E-state index contributed by atoms with van der Waals surface area (Å²) in [6.07, 6.45) is 2.58. The minimum Gasteiger partial charge on any atom is -0.395 e. The molecular formula is C13H29N3O. The van der Waals surface area contributed by atoms with Crippen molar-refractivity contribution in [2.24, 2.45) is 17.1 Å². The lowest BCUT2D eigenvalue weighted by atomic mass is 9.73. The van der Waals surface area contributed by atoms with Crippen molar-refractivity contribution in [3.8, 4) is 0 Å². The van der Waals surface area contributed by atoms with Crippen LogP contribution in [0.25, 0.3) is 0 Å². The van der Waals surface area contributed by atoms with Gasteiger partial charge in [0.2, 0.25) is 0 Å². The van der Waals surface area contributed by atoms with Gasteiger partial charge >= 0.3 is 0 Å². The molecule has 1 saturated heterocycles. The summed E-state index contributed by atoms with van der Waals surface area (Å²) >= 11 is 0. The second kappa shape index (κ2) is 6.69. The number of hydrogen-bond donors (Lipinski definition) is 3. The first-order valence-corrected chi connectivity index (χ1v) is 6.71. The third-order valence-electron chi connectivity index (χ3n) is 4.05. The summed E-state index contributed by atoms with van der Waals surface area (Å²) in [4.78, 5) is 2.40. The highest BCUT2D eigenvalue weighted by molar-refractivity contribution is 4.84. The Kier molecular flexibility index (Phi) is 5.86. The van der Waals surface area contributed by atoms with Crippen LogP contribution in [0, 0.1) is 11.3 Å². The molecule has 1 unspecified atom stereocenters. The topological polar surface area (TPSA) is 61.5 Å². The van der Waals surface area contributed by atoms with Crippen LogP contribution in [-0.2, 0) is 0 Å². The molecule has 0 aromatic carbocycles. The summed E-state index contributed by atoms with van der Waals surface area (Å²) in [5, 5.41) is 12.3. The van der Waals surface area contributed by atoms with E-state index in [1.165, 1.54) is 25.9 Å². The molecule has 0 aliphatic carbocycles. The lowest BCUT2D eigenvalue weighted by Crippen LogP contribution is -2.45. The van der Waals surface area contributed by atoms with E-state index in [0.29, 0.717) is 12.0 Å². The Morgan fingerprint density at radius 2 is 2.00 bits per heavy atom. The Bertz CT molecular complexity index is 213. The van der Waals surface area contributed by atoms with Gasteiger partial charge in [0.05, 0.1) is 6.61 Å². The predicted molar refractivity (Wildman–Crippen MR) is 71.9 cm³/mol. The Hall–Kier alpha value is -0.160. The minimum atomic E-state index is -0.136. The van der Waals surface area contributed by atoms with Crippen molar-refractivity contribution in [1.82, 2.24) is 10.2 Å². The van der Waals surface area contributed by atoms with Gasteiger partial charge in [-0.3, -0.25) is 0 Å². The van der Waals surface area contributed by atoms with E-state index in [1.54, 1.807) is 0 Å². The van der Waals surface area contributed by atoms with Gasteiger partial charge in [-0.15, -0.1) is 0 Å². The summed E-state index contributed by atoms with van der Waals surface area (Å²) < 4.78 is 0. The molecular weight excluding hydrogens is 214 g/mol. The normalized spacial score (nSPS) is 21.7. The Morgan fingerprint density at radius 3 is 2.53 bits per heavy atom. The fraction of sp³-hybridized carbons (Fsp3) is 1.00. The summed E-state index contributed by atoms with van der Waals surface area (Å²) in [6, 6.07) is -0.136. The molecule has 4 heteroatoms. The van der Waals surface area contributed by atoms with E-state index in [0.717, 1.165) is 12.5 Å². The molecule has 1 atom stereocenters. The Balaban J connectivity index is 2.29. The molecule has 0 spiro atoms. The highest BCUT2D eigenvalue weighted by Crippen LogP contribution is 2.34. The fourth-order valence-corrected chi connectivity index (χ4v) is 2.58. The molecule has 0 aromatic rings. The zero-order valence-corrected chi connectivity index (χ0v) is 11.6. The first-order valence-electron chi connectivity index (χ1n) is 6.71. The molecule has 1 fully saturated rings. The monoisotopic (exact) mass is 243 g/mol. The molecule has 0 amide bonds. The van der Waals surface area contributed by atoms with Crippen LogP contribution >= 0.6 is 0 Å². The van der Waals surface area contributed by atoms with Gasteiger partial charge in [-0.25, -0.2) is 0 Å². The van der Waals surface area contributed by atoms with E-state index in [1.807, 2.05) is 0 Å². The van der Waals surface area contributed by atoms with Crippen molar-refractivity contribution < 1.29 is 5.11 Å². The van der Waals surface area contributed by atoms with E-state index < -0.39 is 0 Å². The number of piperidine rings is 1. The van der Waals surface area contributed by atoms with Crippen molar-refractivity contribution in [3.63, 3.8) is 0 Å². The molecule has 4 N–H and O–H groups in total. The number of rotatable bonds is 6. The van der Waals surface area contributed by atoms with E-state index >= 15 is 0 Å². The molecule has 102 valence electrons. The quantitative estimate of drug-likeness (QED) is 0.626. The maximum Gasteiger partial charge on any atom is 0.0594 e. The van der Waals surface area contributed by atoms with E-state index in [9.17, 15) is 0 Å². The number of nitrogens with one attached hydrogen (secondary N) is 1. The number of nitrogens with zero attached hydrogens (tertiary/aromatic N) is 1.